The molecular weight excluding hydrogens is 260 g/mol. The van der Waals surface area contributed by atoms with Crippen LogP contribution in [0.5, 0.6) is 0 Å². The van der Waals surface area contributed by atoms with E-state index in [4.69, 9.17) is 15.6 Å². The van der Waals surface area contributed by atoms with E-state index in [2.05, 4.69) is 0 Å². The van der Waals surface area contributed by atoms with Gasteiger partial charge in [-0.2, -0.15) is 0 Å². The highest BCUT2D eigenvalue weighted by Gasteiger charge is 2.26. The Morgan fingerprint density at radius 3 is 2.80 bits per heavy atom. The third-order valence-electron chi connectivity index (χ3n) is 3.55. The maximum Gasteiger partial charge on any atom is 0.335 e. The summed E-state index contributed by atoms with van der Waals surface area (Å²) < 4.78 is 5.05. The summed E-state index contributed by atoms with van der Waals surface area (Å²) in [7, 11) is 1.45. The van der Waals surface area contributed by atoms with Gasteiger partial charge >= 0.3 is 5.97 Å². The zero-order valence-electron chi connectivity index (χ0n) is 11.3. The van der Waals surface area contributed by atoms with Crippen molar-refractivity contribution in [3.05, 3.63) is 34.9 Å². The number of rotatable bonds is 4. The van der Waals surface area contributed by atoms with Crippen molar-refractivity contribution in [2.75, 3.05) is 20.2 Å². The number of aromatic carboxylic acids is 1. The van der Waals surface area contributed by atoms with Crippen molar-refractivity contribution in [2.24, 2.45) is 5.73 Å². The van der Waals surface area contributed by atoms with Gasteiger partial charge in [-0.05, 0) is 29.7 Å². The third-order valence-corrected chi connectivity index (χ3v) is 3.55. The molecule has 0 aliphatic carbocycles. The summed E-state index contributed by atoms with van der Waals surface area (Å²) in [5, 5.41) is 9.01. The van der Waals surface area contributed by atoms with Gasteiger partial charge in [0.05, 0.1) is 5.56 Å². The Morgan fingerprint density at radius 2 is 2.20 bits per heavy atom. The lowest BCUT2D eigenvalue weighted by Gasteiger charge is -2.31. The first kappa shape index (κ1) is 14.5. The van der Waals surface area contributed by atoms with Crippen LogP contribution in [0.15, 0.2) is 18.2 Å². The molecule has 1 aromatic carbocycles. The minimum absolute atomic E-state index is 0.133. The van der Waals surface area contributed by atoms with E-state index >= 15 is 0 Å². The Labute approximate surface area is 117 Å². The average molecular weight is 278 g/mol. The molecule has 0 saturated heterocycles. The Balaban J connectivity index is 2.19. The number of amides is 1. The fourth-order valence-electron chi connectivity index (χ4n) is 2.38. The lowest BCUT2D eigenvalue weighted by Crippen LogP contribution is -2.45. The van der Waals surface area contributed by atoms with Crippen LogP contribution >= 0.6 is 0 Å². The maximum atomic E-state index is 12.2. The highest BCUT2D eigenvalue weighted by atomic mass is 16.5. The second-order valence-corrected chi connectivity index (χ2v) is 4.76. The molecular formula is C14H18N2O4. The van der Waals surface area contributed by atoms with Gasteiger partial charge in [0.15, 0.2) is 0 Å². The van der Waals surface area contributed by atoms with Crippen LogP contribution in [0.4, 0.5) is 0 Å². The Morgan fingerprint density at radius 1 is 1.45 bits per heavy atom. The van der Waals surface area contributed by atoms with Crippen LogP contribution in [-0.2, 0) is 22.5 Å². The van der Waals surface area contributed by atoms with E-state index in [-0.39, 0.29) is 18.0 Å². The van der Waals surface area contributed by atoms with Crippen LogP contribution in [0.1, 0.15) is 21.5 Å². The van der Waals surface area contributed by atoms with Crippen molar-refractivity contribution in [1.82, 2.24) is 4.90 Å². The molecule has 20 heavy (non-hydrogen) atoms. The molecule has 0 saturated carbocycles. The van der Waals surface area contributed by atoms with E-state index in [9.17, 15) is 9.59 Å². The van der Waals surface area contributed by atoms with Gasteiger partial charge in [0.1, 0.15) is 6.10 Å². The number of carboxylic acid groups (broad SMARTS) is 1. The van der Waals surface area contributed by atoms with E-state index in [1.807, 2.05) is 6.07 Å². The first-order chi connectivity index (χ1) is 9.56. The second kappa shape index (κ2) is 6.02. The van der Waals surface area contributed by atoms with Gasteiger partial charge in [0.25, 0.3) is 5.91 Å². The first-order valence-corrected chi connectivity index (χ1v) is 6.43. The normalized spacial score (nSPS) is 15.6. The van der Waals surface area contributed by atoms with Gasteiger partial charge in [-0.15, -0.1) is 0 Å². The summed E-state index contributed by atoms with van der Waals surface area (Å²) in [6.07, 6.45) is 0.0707. The number of hydrogen-bond donors (Lipinski definition) is 2. The van der Waals surface area contributed by atoms with Crippen LogP contribution in [0.2, 0.25) is 0 Å². The highest BCUT2D eigenvalue weighted by molar-refractivity contribution is 5.88. The molecule has 0 spiro atoms. The van der Waals surface area contributed by atoms with Gasteiger partial charge in [-0.1, -0.05) is 6.07 Å². The predicted molar refractivity (Wildman–Crippen MR) is 72.4 cm³/mol. The van der Waals surface area contributed by atoms with Crippen molar-refractivity contribution in [1.29, 1.82) is 0 Å². The second-order valence-electron chi connectivity index (χ2n) is 4.76. The minimum atomic E-state index is -0.965. The number of carbonyl (C=O) groups is 2. The molecule has 2 rings (SSSR count). The lowest BCUT2D eigenvalue weighted by atomic mass is 9.97. The molecule has 1 amide bonds. The number of nitrogens with two attached hydrogens (primary N) is 1. The fraction of sp³-hybridized carbons (Fsp3) is 0.429. The summed E-state index contributed by atoms with van der Waals surface area (Å²) in [5.74, 6) is -1.12. The zero-order valence-corrected chi connectivity index (χ0v) is 11.3. The van der Waals surface area contributed by atoms with Crippen molar-refractivity contribution in [3.8, 4) is 0 Å². The highest BCUT2D eigenvalue weighted by Crippen LogP contribution is 2.21. The summed E-state index contributed by atoms with van der Waals surface area (Å²) in [6, 6.07) is 5.04. The Kier molecular flexibility index (Phi) is 4.36. The topological polar surface area (TPSA) is 92.9 Å². The van der Waals surface area contributed by atoms with Crippen LogP contribution < -0.4 is 5.73 Å². The van der Waals surface area contributed by atoms with E-state index in [0.717, 1.165) is 11.1 Å². The van der Waals surface area contributed by atoms with E-state index in [0.29, 0.717) is 19.5 Å². The van der Waals surface area contributed by atoms with Crippen LogP contribution in [0.3, 0.4) is 0 Å². The SMILES string of the molecule is COC(CN)C(=O)N1CCc2ccc(C(=O)O)cc2C1. The number of nitrogens with zero attached hydrogens (tertiary/aromatic N) is 1. The number of hydrogen-bond acceptors (Lipinski definition) is 4. The summed E-state index contributed by atoms with van der Waals surface area (Å²) in [6.45, 7) is 1.13. The van der Waals surface area contributed by atoms with Gasteiger partial charge in [0.2, 0.25) is 0 Å². The standard InChI is InChI=1S/C14H18N2O4/c1-20-12(7-15)13(17)16-5-4-9-2-3-10(14(18)19)6-11(9)8-16/h2-3,6,12H,4-5,7-8,15H2,1H3,(H,18,19). The molecule has 0 bridgehead atoms. The molecule has 1 aliphatic rings. The van der Waals surface area contributed by atoms with E-state index in [1.165, 1.54) is 7.11 Å². The Hall–Kier alpha value is -1.92. The molecule has 1 aromatic rings. The molecule has 6 heteroatoms. The predicted octanol–water partition coefficient (Wildman–Crippen LogP) is 0.243. The quantitative estimate of drug-likeness (QED) is 0.823. The first-order valence-electron chi connectivity index (χ1n) is 6.43. The number of ether oxygens (including phenoxy) is 1. The van der Waals surface area contributed by atoms with Crippen molar-refractivity contribution in [2.45, 2.75) is 19.1 Å². The van der Waals surface area contributed by atoms with Crippen LogP contribution in [-0.4, -0.2) is 48.2 Å². The smallest absolute Gasteiger partial charge is 0.335 e. The molecule has 1 unspecified atom stereocenters. The molecule has 1 aliphatic heterocycles. The largest absolute Gasteiger partial charge is 0.478 e. The van der Waals surface area contributed by atoms with Gasteiger partial charge < -0.3 is 20.5 Å². The van der Waals surface area contributed by atoms with Crippen molar-refractivity contribution >= 4 is 11.9 Å². The summed E-state index contributed by atoms with van der Waals surface area (Å²) in [4.78, 5) is 24.8. The molecule has 0 radical (unpaired) electrons. The number of carbonyl (C=O) groups excluding carboxylic acids is 1. The monoisotopic (exact) mass is 278 g/mol. The lowest BCUT2D eigenvalue weighted by molar-refractivity contribution is -0.142. The van der Waals surface area contributed by atoms with Crippen molar-refractivity contribution < 1.29 is 19.4 Å². The fourth-order valence-corrected chi connectivity index (χ4v) is 2.38. The third kappa shape index (κ3) is 2.81. The van der Waals surface area contributed by atoms with E-state index in [1.54, 1.807) is 17.0 Å². The molecule has 3 N–H and O–H groups in total. The molecule has 6 nitrogen and oxygen atoms in total. The molecule has 108 valence electrons. The number of methoxy groups -OCH3 is 1. The molecule has 0 fully saturated rings. The van der Waals surface area contributed by atoms with Crippen molar-refractivity contribution in [3.63, 3.8) is 0 Å². The van der Waals surface area contributed by atoms with Gasteiger partial charge in [-0.25, -0.2) is 4.79 Å². The van der Waals surface area contributed by atoms with Crippen LogP contribution in [0, 0.1) is 0 Å². The number of benzene rings is 1. The summed E-state index contributed by atoms with van der Waals surface area (Å²) >= 11 is 0. The summed E-state index contributed by atoms with van der Waals surface area (Å²) in [5.41, 5.74) is 7.69. The minimum Gasteiger partial charge on any atom is -0.478 e. The number of fused-ring (bicyclic) bond motifs is 1. The van der Waals surface area contributed by atoms with Gasteiger partial charge in [0, 0.05) is 26.7 Å². The zero-order chi connectivity index (χ0) is 14.7. The molecule has 1 heterocycles. The average Bonchev–Trinajstić information content (AvgIpc) is 2.47. The molecule has 1 atom stereocenters. The maximum absolute atomic E-state index is 12.2. The van der Waals surface area contributed by atoms with Gasteiger partial charge in [-0.3, -0.25) is 4.79 Å². The van der Waals surface area contributed by atoms with E-state index < -0.39 is 12.1 Å². The van der Waals surface area contributed by atoms with Crippen LogP contribution in [0.25, 0.3) is 0 Å². The molecule has 0 aromatic heterocycles. The Bertz CT molecular complexity index is 526. The number of carboxylic acids is 1.